The first-order chi connectivity index (χ1) is 28.0. The lowest BCUT2D eigenvalue weighted by Crippen LogP contribution is -2.16. The van der Waals surface area contributed by atoms with Crippen molar-refractivity contribution in [3.63, 3.8) is 0 Å². The van der Waals surface area contributed by atoms with Gasteiger partial charge in [0, 0.05) is 27.4 Å². The Morgan fingerprint density at radius 2 is 1.02 bits per heavy atom. The molecule has 11 aromatic rings. The van der Waals surface area contributed by atoms with Crippen LogP contribution < -0.4 is 4.90 Å². The summed E-state index contributed by atoms with van der Waals surface area (Å²) in [5.41, 5.74) is 12.6. The van der Waals surface area contributed by atoms with Crippen LogP contribution in [0.4, 0.5) is 17.1 Å². The van der Waals surface area contributed by atoms with Crippen LogP contribution in [0.2, 0.25) is 0 Å². The Hall–Kier alpha value is -7.16. The Morgan fingerprint density at radius 1 is 0.404 bits per heavy atom. The van der Waals surface area contributed by atoms with Gasteiger partial charge in [-0.15, -0.1) is 0 Å². The largest absolute Gasteiger partial charge is 0.455 e. The maximum atomic E-state index is 7.14. The Bertz CT molecular complexity index is 3450. The number of nitrogens with zero attached hydrogens (tertiary/aromatic N) is 1. The highest BCUT2D eigenvalue weighted by Crippen LogP contribution is 2.53. The maximum Gasteiger partial charge on any atom is 0.143 e. The summed E-state index contributed by atoms with van der Waals surface area (Å²) >= 11 is 0. The van der Waals surface area contributed by atoms with E-state index in [1.54, 1.807) is 0 Å². The van der Waals surface area contributed by atoms with E-state index in [0.29, 0.717) is 0 Å². The van der Waals surface area contributed by atoms with Crippen molar-refractivity contribution in [2.24, 2.45) is 0 Å². The summed E-state index contributed by atoms with van der Waals surface area (Å²) < 4.78 is 7.14. The highest BCUT2D eigenvalue weighted by molar-refractivity contribution is 6.24. The van der Waals surface area contributed by atoms with Gasteiger partial charge in [0.25, 0.3) is 0 Å². The van der Waals surface area contributed by atoms with Gasteiger partial charge >= 0.3 is 0 Å². The van der Waals surface area contributed by atoms with Crippen LogP contribution in [0, 0.1) is 0 Å². The van der Waals surface area contributed by atoms with Crippen LogP contribution in [0.25, 0.3) is 87.3 Å². The number of fused-ring (bicyclic) bond motifs is 11. The number of furan rings is 1. The fourth-order valence-electron chi connectivity index (χ4n) is 9.96. The lowest BCUT2D eigenvalue weighted by Gasteiger charge is -2.30. The van der Waals surface area contributed by atoms with E-state index in [2.05, 4.69) is 207 Å². The average Bonchev–Trinajstić information content (AvgIpc) is 3.74. The summed E-state index contributed by atoms with van der Waals surface area (Å²) in [5, 5.41) is 11.9. The molecule has 2 heteroatoms. The Kier molecular flexibility index (Phi) is 6.72. The molecule has 268 valence electrons. The van der Waals surface area contributed by atoms with Crippen LogP contribution in [-0.2, 0) is 5.41 Å². The van der Waals surface area contributed by atoms with E-state index in [9.17, 15) is 0 Å². The van der Waals surface area contributed by atoms with Crippen LogP contribution in [0.3, 0.4) is 0 Å². The summed E-state index contributed by atoms with van der Waals surface area (Å²) in [7, 11) is 0. The van der Waals surface area contributed by atoms with Gasteiger partial charge in [-0.1, -0.05) is 166 Å². The van der Waals surface area contributed by atoms with Crippen LogP contribution in [0.15, 0.2) is 192 Å². The van der Waals surface area contributed by atoms with E-state index >= 15 is 0 Å². The molecule has 12 rings (SSSR count). The van der Waals surface area contributed by atoms with Crippen LogP contribution in [-0.4, -0.2) is 0 Å². The molecular formula is C55H37NO. The van der Waals surface area contributed by atoms with Crippen molar-refractivity contribution in [1.82, 2.24) is 0 Å². The van der Waals surface area contributed by atoms with E-state index in [0.717, 1.165) is 44.6 Å². The van der Waals surface area contributed by atoms with Gasteiger partial charge in [0.2, 0.25) is 0 Å². The molecule has 57 heavy (non-hydrogen) atoms. The van der Waals surface area contributed by atoms with Crippen molar-refractivity contribution in [2.45, 2.75) is 19.3 Å². The van der Waals surface area contributed by atoms with Crippen molar-refractivity contribution in [1.29, 1.82) is 0 Å². The van der Waals surface area contributed by atoms with Crippen LogP contribution in [0.1, 0.15) is 25.0 Å². The normalized spacial score (nSPS) is 13.2. The van der Waals surface area contributed by atoms with Crippen molar-refractivity contribution >= 4 is 82.1 Å². The van der Waals surface area contributed by atoms with Gasteiger partial charge in [-0.05, 0) is 102 Å². The third kappa shape index (κ3) is 4.59. The minimum absolute atomic E-state index is 0.153. The Labute approximate surface area is 330 Å². The summed E-state index contributed by atoms with van der Waals surface area (Å²) in [5.74, 6) is 0. The standard InChI is InChI=1S/C55H37NO/c1-55(2)47-26-12-11-23-42(47)43-30-29-37(33-48(43)55)56(50-32-36-17-4-7-20-39(36)41-22-9-10-24-44(41)50)49-27-14-28-51-53(49)46-31-35-16-5-8-21-40(35)52(54(46)57-51)45-25-13-18-34-15-3-6-19-38(34)45/h3-33H,1-2H3. The number of benzene rings is 10. The first kappa shape index (κ1) is 32.1. The van der Waals surface area contributed by atoms with Gasteiger partial charge < -0.3 is 9.32 Å². The minimum Gasteiger partial charge on any atom is -0.455 e. The van der Waals surface area contributed by atoms with E-state index in [4.69, 9.17) is 4.42 Å². The molecule has 0 aliphatic heterocycles. The highest BCUT2D eigenvalue weighted by Gasteiger charge is 2.36. The number of hydrogen-bond acceptors (Lipinski definition) is 2. The molecular weight excluding hydrogens is 691 g/mol. The molecule has 0 saturated heterocycles. The topological polar surface area (TPSA) is 16.4 Å². The van der Waals surface area contributed by atoms with Crippen molar-refractivity contribution < 1.29 is 4.42 Å². The fraction of sp³-hybridized carbons (Fsp3) is 0.0545. The molecule has 0 unspecified atom stereocenters. The van der Waals surface area contributed by atoms with E-state index in [1.807, 2.05) is 0 Å². The van der Waals surface area contributed by atoms with Crippen LogP contribution in [0.5, 0.6) is 0 Å². The minimum atomic E-state index is -0.153. The molecule has 1 aliphatic carbocycles. The molecule has 0 saturated carbocycles. The highest BCUT2D eigenvalue weighted by atomic mass is 16.3. The monoisotopic (exact) mass is 727 g/mol. The molecule has 0 atom stereocenters. The summed E-state index contributed by atoms with van der Waals surface area (Å²) in [6.45, 7) is 4.73. The average molecular weight is 728 g/mol. The van der Waals surface area contributed by atoms with E-state index in [1.165, 1.54) is 70.9 Å². The van der Waals surface area contributed by atoms with Crippen molar-refractivity contribution in [2.75, 3.05) is 4.90 Å². The number of rotatable bonds is 4. The SMILES string of the molecule is CC1(C)c2ccccc2-c2ccc(N(c3cc4ccccc4c4ccccc34)c3cccc4oc5c(-c6cccc7ccccc67)c6ccccc6cc5c34)cc21. The van der Waals surface area contributed by atoms with Gasteiger partial charge in [-0.25, -0.2) is 0 Å². The number of anilines is 3. The molecule has 0 spiro atoms. The molecule has 1 aromatic heterocycles. The summed E-state index contributed by atoms with van der Waals surface area (Å²) in [6.07, 6.45) is 0. The van der Waals surface area contributed by atoms with Gasteiger partial charge in [0.1, 0.15) is 11.2 Å². The van der Waals surface area contributed by atoms with Gasteiger partial charge in [-0.3, -0.25) is 0 Å². The van der Waals surface area contributed by atoms with E-state index < -0.39 is 0 Å². The molecule has 0 N–H and O–H groups in total. The lowest BCUT2D eigenvalue weighted by molar-refractivity contribution is 0.660. The lowest BCUT2D eigenvalue weighted by atomic mass is 9.82. The zero-order chi connectivity index (χ0) is 37.8. The fourth-order valence-corrected chi connectivity index (χ4v) is 9.96. The Morgan fingerprint density at radius 3 is 1.86 bits per heavy atom. The molecule has 2 nitrogen and oxygen atoms in total. The van der Waals surface area contributed by atoms with Crippen molar-refractivity contribution in [3.05, 3.63) is 199 Å². The summed E-state index contributed by atoms with van der Waals surface area (Å²) in [4.78, 5) is 2.50. The first-order valence-electron chi connectivity index (χ1n) is 19.8. The summed E-state index contributed by atoms with van der Waals surface area (Å²) in [6, 6.07) is 68.9. The third-order valence-electron chi connectivity index (χ3n) is 12.6. The zero-order valence-electron chi connectivity index (χ0n) is 31.8. The van der Waals surface area contributed by atoms with Gasteiger partial charge in [0.05, 0.1) is 16.8 Å². The second kappa shape index (κ2) is 11.9. The smallest absolute Gasteiger partial charge is 0.143 e. The third-order valence-corrected chi connectivity index (χ3v) is 12.6. The van der Waals surface area contributed by atoms with Gasteiger partial charge in [0.15, 0.2) is 0 Å². The second-order valence-electron chi connectivity index (χ2n) is 16.0. The van der Waals surface area contributed by atoms with E-state index in [-0.39, 0.29) is 5.41 Å². The Balaban J connectivity index is 1.21. The zero-order valence-corrected chi connectivity index (χ0v) is 31.8. The molecule has 0 fully saturated rings. The quantitative estimate of drug-likeness (QED) is 0.168. The predicted octanol–water partition coefficient (Wildman–Crippen LogP) is 15.6. The second-order valence-corrected chi connectivity index (χ2v) is 16.0. The van der Waals surface area contributed by atoms with Crippen molar-refractivity contribution in [3.8, 4) is 22.3 Å². The van der Waals surface area contributed by atoms with Gasteiger partial charge in [-0.2, -0.15) is 0 Å². The first-order valence-corrected chi connectivity index (χ1v) is 19.8. The molecule has 0 bridgehead atoms. The van der Waals surface area contributed by atoms with Crippen LogP contribution >= 0.6 is 0 Å². The molecule has 0 amide bonds. The predicted molar refractivity (Wildman–Crippen MR) is 241 cm³/mol. The molecule has 1 aliphatic rings. The number of hydrogen-bond donors (Lipinski definition) is 0. The molecule has 1 heterocycles. The molecule has 0 radical (unpaired) electrons. The molecule has 10 aromatic carbocycles. The maximum absolute atomic E-state index is 7.14.